The molecule has 1 aromatic carbocycles. The van der Waals surface area contributed by atoms with E-state index in [9.17, 15) is 4.79 Å². The number of carbonyl (C=O) groups is 1. The van der Waals surface area contributed by atoms with Crippen LogP contribution in [-0.4, -0.2) is 43.7 Å². The van der Waals surface area contributed by atoms with Gasteiger partial charge in [0.1, 0.15) is 16.0 Å². The van der Waals surface area contributed by atoms with Crippen LogP contribution in [0.4, 0.5) is 5.69 Å². The number of likely N-dealkylation sites (tertiary alicyclic amines) is 1. The fraction of sp³-hybridized carbons (Fsp3) is 0.263. The van der Waals surface area contributed by atoms with Crippen molar-refractivity contribution < 1.29 is 4.79 Å². The molecule has 7 nitrogen and oxygen atoms in total. The van der Waals surface area contributed by atoms with Gasteiger partial charge in [0.05, 0.1) is 5.69 Å². The van der Waals surface area contributed by atoms with Crippen LogP contribution in [0.5, 0.6) is 0 Å². The first kappa shape index (κ1) is 16.2. The number of thiophene rings is 1. The SMILES string of the molecule is Cc1c2c(N)c(C(=O)N3CCC(c4ccccc4)C3)sc2nn2cnnc12. The van der Waals surface area contributed by atoms with Gasteiger partial charge in [0.25, 0.3) is 5.91 Å². The normalized spacial score (nSPS) is 17.2. The van der Waals surface area contributed by atoms with E-state index in [2.05, 4.69) is 27.4 Å². The molecule has 27 heavy (non-hydrogen) atoms. The molecular formula is C19H18N6OS. The van der Waals surface area contributed by atoms with Crippen LogP contribution in [0.25, 0.3) is 15.9 Å². The lowest BCUT2D eigenvalue weighted by atomic mass is 9.99. The summed E-state index contributed by atoms with van der Waals surface area (Å²) in [6.45, 7) is 3.40. The number of carbonyl (C=O) groups excluding carboxylic acids is 1. The summed E-state index contributed by atoms with van der Waals surface area (Å²) < 4.78 is 1.63. The van der Waals surface area contributed by atoms with Gasteiger partial charge in [-0.15, -0.1) is 21.5 Å². The predicted molar refractivity (Wildman–Crippen MR) is 105 cm³/mol. The summed E-state index contributed by atoms with van der Waals surface area (Å²) in [7, 11) is 0. The molecule has 1 amide bonds. The zero-order valence-electron chi connectivity index (χ0n) is 14.8. The van der Waals surface area contributed by atoms with Crippen LogP contribution in [0.15, 0.2) is 36.7 Å². The summed E-state index contributed by atoms with van der Waals surface area (Å²) in [6, 6.07) is 10.4. The first-order valence-corrected chi connectivity index (χ1v) is 9.68. The van der Waals surface area contributed by atoms with Crippen molar-refractivity contribution in [3.8, 4) is 0 Å². The summed E-state index contributed by atoms with van der Waals surface area (Å²) in [4.78, 5) is 16.4. The van der Waals surface area contributed by atoms with E-state index in [0.29, 0.717) is 22.1 Å². The van der Waals surface area contributed by atoms with E-state index in [0.717, 1.165) is 35.3 Å². The Morgan fingerprint density at radius 2 is 2.11 bits per heavy atom. The number of hydrogen-bond donors (Lipinski definition) is 1. The van der Waals surface area contributed by atoms with Gasteiger partial charge in [-0.25, -0.2) is 0 Å². The first-order chi connectivity index (χ1) is 13.1. The molecule has 0 aliphatic carbocycles. The maximum absolute atomic E-state index is 13.2. The van der Waals surface area contributed by atoms with Crippen LogP contribution in [0.1, 0.15) is 33.1 Å². The van der Waals surface area contributed by atoms with Gasteiger partial charge in [-0.05, 0) is 18.9 Å². The molecular weight excluding hydrogens is 360 g/mol. The molecule has 5 rings (SSSR count). The Hall–Kier alpha value is -3.00. The molecule has 0 spiro atoms. The van der Waals surface area contributed by atoms with Crippen LogP contribution in [0.2, 0.25) is 0 Å². The summed E-state index contributed by atoms with van der Waals surface area (Å²) in [5, 5.41) is 13.3. The van der Waals surface area contributed by atoms with Crippen molar-refractivity contribution in [3.05, 3.63) is 52.7 Å². The van der Waals surface area contributed by atoms with E-state index < -0.39 is 0 Å². The highest BCUT2D eigenvalue weighted by molar-refractivity contribution is 7.21. The fourth-order valence-corrected chi connectivity index (χ4v) is 4.98. The number of nitrogens with zero attached hydrogens (tertiary/aromatic N) is 5. The number of anilines is 1. The third-order valence-corrected chi connectivity index (χ3v) is 6.38. The van der Waals surface area contributed by atoms with E-state index >= 15 is 0 Å². The number of amides is 1. The molecule has 0 bridgehead atoms. The lowest BCUT2D eigenvalue weighted by Crippen LogP contribution is -2.28. The Kier molecular flexibility index (Phi) is 3.61. The highest BCUT2D eigenvalue weighted by atomic mass is 32.1. The molecule has 1 saturated heterocycles. The van der Waals surface area contributed by atoms with Gasteiger partial charge in [0.15, 0.2) is 5.65 Å². The lowest BCUT2D eigenvalue weighted by molar-refractivity contribution is 0.0796. The van der Waals surface area contributed by atoms with Crippen LogP contribution >= 0.6 is 11.3 Å². The van der Waals surface area contributed by atoms with E-state index in [1.54, 1.807) is 10.8 Å². The summed E-state index contributed by atoms with van der Waals surface area (Å²) in [6.07, 6.45) is 2.53. The van der Waals surface area contributed by atoms with Gasteiger partial charge < -0.3 is 10.6 Å². The molecule has 1 aliphatic heterocycles. The van der Waals surface area contributed by atoms with Crippen molar-refractivity contribution in [2.45, 2.75) is 19.3 Å². The molecule has 4 aromatic rings. The number of rotatable bonds is 2. The fourth-order valence-electron chi connectivity index (χ4n) is 3.87. The van der Waals surface area contributed by atoms with E-state index in [4.69, 9.17) is 5.73 Å². The molecule has 0 saturated carbocycles. The number of nitrogens with two attached hydrogens (primary N) is 1. The minimum Gasteiger partial charge on any atom is -0.397 e. The number of benzene rings is 1. The third-order valence-electron chi connectivity index (χ3n) is 5.31. The first-order valence-electron chi connectivity index (χ1n) is 8.86. The standard InChI is InChI=1S/C19H18N6OS/c1-11-14-15(20)16(27-18(14)23-25-10-21-22-17(11)25)19(26)24-8-7-13(9-24)12-5-3-2-4-6-12/h2-6,10,13H,7-9,20H2,1H3. The van der Waals surface area contributed by atoms with E-state index in [1.165, 1.54) is 16.9 Å². The van der Waals surface area contributed by atoms with Gasteiger partial charge >= 0.3 is 0 Å². The van der Waals surface area contributed by atoms with Crippen molar-refractivity contribution in [1.82, 2.24) is 24.7 Å². The minimum atomic E-state index is -0.0101. The molecule has 1 aliphatic rings. The topological polar surface area (TPSA) is 89.4 Å². The van der Waals surface area contributed by atoms with Crippen molar-refractivity contribution >= 4 is 38.8 Å². The van der Waals surface area contributed by atoms with Gasteiger partial charge in [-0.1, -0.05) is 30.3 Å². The van der Waals surface area contributed by atoms with E-state index in [1.807, 2.05) is 30.0 Å². The number of hydrogen-bond acceptors (Lipinski definition) is 6. The summed E-state index contributed by atoms with van der Waals surface area (Å²) in [5.74, 6) is 0.365. The predicted octanol–water partition coefficient (Wildman–Crippen LogP) is 2.86. The second-order valence-corrected chi connectivity index (χ2v) is 7.90. The van der Waals surface area contributed by atoms with E-state index in [-0.39, 0.29) is 5.91 Å². The average molecular weight is 378 g/mol. The number of aryl methyl sites for hydroxylation is 1. The van der Waals surface area contributed by atoms with Crippen molar-refractivity contribution in [3.63, 3.8) is 0 Å². The Labute approximate surface area is 159 Å². The Bertz CT molecular complexity index is 1170. The Morgan fingerprint density at radius 3 is 2.93 bits per heavy atom. The van der Waals surface area contributed by atoms with Crippen molar-refractivity contribution in [1.29, 1.82) is 0 Å². The van der Waals surface area contributed by atoms with Crippen LogP contribution in [-0.2, 0) is 0 Å². The smallest absolute Gasteiger partial charge is 0.266 e. The quantitative estimate of drug-likeness (QED) is 0.579. The molecule has 2 N–H and O–H groups in total. The molecule has 1 fully saturated rings. The zero-order chi connectivity index (χ0) is 18.5. The highest BCUT2D eigenvalue weighted by Gasteiger charge is 2.31. The molecule has 4 heterocycles. The molecule has 136 valence electrons. The molecule has 1 atom stereocenters. The molecule has 1 unspecified atom stereocenters. The van der Waals surface area contributed by atoms with Gasteiger partial charge in [-0.2, -0.15) is 9.61 Å². The van der Waals surface area contributed by atoms with Crippen molar-refractivity contribution in [2.24, 2.45) is 0 Å². The third kappa shape index (κ3) is 2.48. The van der Waals surface area contributed by atoms with Crippen molar-refractivity contribution in [2.75, 3.05) is 18.8 Å². The maximum Gasteiger partial charge on any atom is 0.266 e. The highest BCUT2D eigenvalue weighted by Crippen LogP contribution is 2.37. The maximum atomic E-state index is 13.2. The van der Waals surface area contributed by atoms with Gasteiger partial charge in [0, 0.05) is 30.0 Å². The van der Waals surface area contributed by atoms with Gasteiger partial charge in [0.2, 0.25) is 0 Å². The lowest BCUT2D eigenvalue weighted by Gasteiger charge is -2.16. The molecule has 8 heteroatoms. The second-order valence-electron chi connectivity index (χ2n) is 6.90. The summed E-state index contributed by atoms with van der Waals surface area (Å²) >= 11 is 1.34. The largest absolute Gasteiger partial charge is 0.397 e. The molecule has 0 radical (unpaired) electrons. The second kappa shape index (κ2) is 6.02. The Morgan fingerprint density at radius 1 is 1.30 bits per heavy atom. The summed E-state index contributed by atoms with van der Waals surface area (Å²) in [5.41, 5.74) is 9.72. The number of nitrogen functional groups attached to an aromatic ring is 1. The monoisotopic (exact) mass is 378 g/mol. The number of aromatic nitrogens is 4. The van der Waals surface area contributed by atoms with Crippen LogP contribution in [0.3, 0.4) is 0 Å². The van der Waals surface area contributed by atoms with Crippen LogP contribution in [0, 0.1) is 6.92 Å². The molecule has 3 aromatic heterocycles. The zero-order valence-corrected chi connectivity index (χ0v) is 15.6. The van der Waals surface area contributed by atoms with Gasteiger partial charge in [-0.3, -0.25) is 4.79 Å². The minimum absolute atomic E-state index is 0.0101. The van der Waals surface area contributed by atoms with Crippen LogP contribution < -0.4 is 5.73 Å². The Balaban J connectivity index is 1.49. The number of fused-ring (bicyclic) bond motifs is 2. The average Bonchev–Trinajstić information content (AvgIpc) is 3.41.